The molecule has 3 aliphatic heterocycles. The van der Waals surface area contributed by atoms with Crippen molar-refractivity contribution >= 4 is 0 Å². The van der Waals surface area contributed by atoms with Crippen LogP contribution in [0.5, 0.6) is 0 Å². The van der Waals surface area contributed by atoms with Crippen molar-refractivity contribution in [2.75, 3.05) is 39.3 Å². The van der Waals surface area contributed by atoms with E-state index >= 15 is 0 Å². The molecule has 0 saturated carbocycles. The molecule has 3 saturated heterocycles. The number of piperidine rings is 1. The average Bonchev–Trinajstić information content (AvgIpc) is 2.78. The van der Waals surface area contributed by atoms with Gasteiger partial charge in [-0.1, -0.05) is 0 Å². The van der Waals surface area contributed by atoms with Gasteiger partial charge in [-0.15, -0.1) is 0 Å². The molecule has 3 fully saturated rings. The maximum absolute atomic E-state index is 3.46. The van der Waals surface area contributed by atoms with Gasteiger partial charge in [0.2, 0.25) is 0 Å². The first kappa shape index (κ1) is 10.1. The van der Waals surface area contributed by atoms with Crippen LogP contribution in [0.25, 0.3) is 0 Å². The first-order chi connectivity index (χ1) is 7.45. The predicted molar refractivity (Wildman–Crippen MR) is 62.1 cm³/mol. The lowest BCUT2D eigenvalue weighted by Crippen LogP contribution is -2.57. The SMILES string of the molecule is C1CC2C(N3CCNCC3)CCCN2C1. The van der Waals surface area contributed by atoms with Crippen molar-refractivity contribution in [3.8, 4) is 0 Å². The topological polar surface area (TPSA) is 18.5 Å². The molecular weight excluding hydrogens is 186 g/mol. The van der Waals surface area contributed by atoms with Gasteiger partial charge in [-0.05, 0) is 38.8 Å². The fourth-order valence-electron chi connectivity index (χ4n) is 3.70. The summed E-state index contributed by atoms with van der Waals surface area (Å²) in [4.78, 5) is 5.49. The van der Waals surface area contributed by atoms with Gasteiger partial charge in [-0.2, -0.15) is 0 Å². The average molecular weight is 209 g/mol. The summed E-state index contributed by atoms with van der Waals surface area (Å²) in [6.07, 6.45) is 5.76. The van der Waals surface area contributed by atoms with Crippen LogP contribution in [-0.2, 0) is 0 Å². The Morgan fingerprint density at radius 3 is 1.87 bits per heavy atom. The van der Waals surface area contributed by atoms with Gasteiger partial charge in [-0.25, -0.2) is 0 Å². The molecular formula is C12H23N3. The third-order valence-corrected chi connectivity index (χ3v) is 4.42. The summed E-state index contributed by atoms with van der Waals surface area (Å²) in [6.45, 7) is 7.68. The quantitative estimate of drug-likeness (QED) is 0.679. The van der Waals surface area contributed by atoms with Gasteiger partial charge in [0.25, 0.3) is 0 Å². The van der Waals surface area contributed by atoms with E-state index in [4.69, 9.17) is 0 Å². The van der Waals surface area contributed by atoms with Crippen molar-refractivity contribution in [1.29, 1.82) is 0 Å². The molecule has 2 atom stereocenters. The van der Waals surface area contributed by atoms with Crippen LogP contribution in [0.15, 0.2) is 0 Å². The minimum atomic E-state index is 0.878. The molecule has 0 amide bonds. The summed E-state index contributed by atoms with van der Waals surface area (Å²) in [5, 5.41) is 3.46. The number of hydrogen-bond acceptors (Lipinski definition) is 3. The molecule has 1 N–H and O–H groups in total. The summed E-state index contributed by atoms with van der Waals surface area (Å²) in [6, 6.07) is 1.78. The summed E-state index contributed by atoms with van der Waals surface area (Å²) < 4.78 is 0. The molecule has 0 aromatic rings. The van der Waals surface area contributed by atoms with E-state index in [1.165, 1.54) is 65.0 Å². The van der Waals surface area contributed by atoms with Crippen LogP contribution >= 0.6 is 0 Å². The van der Waals surface area contributed by atoms with E-state index in [1.807, 2.05) is 0 Å². The minimum Gasteiger partial charge on any atom is -0.314 e. The Hall–Kier alpha value is -0.120. The van der Waals surface area contributed by atoms with E-state index in [2.05, 4.69) is 15.1 Å². The number of rotatable bonds is 1. The van der Waals surface area contributed by atoms with Crippen LogP contribution in [0.4, 0.5) is 0 Å². The zero-order valence-electron chi connectivity index (χ0n) is 9.62. The zero-order valence-corrected chi connectivity index (χ0v) is 9.62. The van der Waals surface area contributed by atoms with E-state index in [9.17, 15) is 0 Å². The van der Waals surface area contributed by atoms with E-state index in [0.717, 1.165) is 12.1 Å². The first-order valence-corrected chi connectivity index (χ1v) is 6.64. The molecule has 3 rings (SSSR count). The van der Waals surface area contributed by atoms with Gasteiger partial charge in [0, 0.05) is 38.3 Å². The lowest BCUT2D eigenvalue weighted by molar-refractivity contribution is 0.0559. The van der Waals surface area contributed by atoms with Crippen molar-refractivity contribution in [2.24, 2.45) is 0 Å². The molecule has 15 heavy (non-hydrogen) atoms. The summed E-state index contributed by atoms with van der Waals surface area (Å²) >= 11 is 0. The number of fused-ring (bicyclic) bond motifs is 1. The minimum absolute atomic E-state index is 0.878. The molecule has 0 radical (unpaired) electrons. The molecule has 86 valence electrons. The molecule has 3 aliphatic rings. The van der Waals surface area contributed by atoms with Crippen LogP contribution in [0.2, 0.25) is 0 Å². The first-order valence-electron chi connectivity index (χ1n) is 6.64. The van der Waals surface area contributed by atoms with E-state index in [1.54, 1.807) is 0 Å². The van der Waals surface area contributed by atoms with Crippen molar-refractivity contribution in [3.63, 3.8) is 0 Å². The van der Waals surface area contributed by atoms with Crippen LogP contribution in [0.3, 0.4) is 0 Å². The molecule has 3 heterocycles. The van der Waals surface area contributed by atoms with Gasteiger partial charge in [-0.3, -0.25) is 9.80 Å². The number of piperazine rings is 1. The second-order valence-corrected chi connectivity index (χ2v) is 5.24. The lowest BCUT2D eigenvalue weighted by Gasteiger charge is -2.44. The Kier molecular flexibility index (Phi) is 2.95. The Morgan fingerprint density at radius 1 is 0.733 bits per heavy atom. The van der Waals surface area contributed by atoms with Crippen LogP contribution < -0.4 is 5.32 Å². The van der Waals surface area contributed by atoms with Crippen LogP contribution in [0.1, 0.15) is 25.7 Å². The van der Waals surface area contributed by atoms with Gasteiger partial charge < -0.3 is 5.32 Å². The second-order valence-electron chi connectivity index (χ2n) is 5.24. The van der Waals surface area contributed by atoms with Crippen molar-refractivity contribution in [3.05, 3.63) is 0 Å². The highest BCUT2D eigenvalue weighted by atomic mass is 15.3. The summed E-state index contributed by atoms with van der Waals surface area (Å²) in [5.41, 5.74) is 0. The monoisotopic (exact) mass is 209 g/mol. The smallest absolute Gasteiger partial charge is 0.0253 e. The standard InChI is InChI=1S/C12H23N3/c1-3-11-12(4-2-8-14(11)7-1)15-9-5-13-6-10-15/h11-13H,1-10H2. The van der Waals surface area contributed by atoms with E-state index in [0.29, 0.717) is 0 Å². The van der Waals surface area contributed by atoms with Gasteiger partial charge in [0.05, 0.1) is 0 Å². The Bertz CT molecular complexity index is 213. The van der Waals surface area contributed by atoms with Gasteiger partial charge in [0.15, 0.2) is 0 Å². The largest absolute Gasteiger partial charge is 0.314 e. The molecule has 0 aromatic carbocycles. The molecule has 0 bridgehead atoms. The predicted octanol–water partition coefficient (Wildman–Crippen LogP) is 0.518. The molecule has 0 aliphatic carbocycles. The molecule has 3 nitrogen and oxygen atoms in total. The summed E-state index contributed by atoms with van der Waals surface area (Å²) in [7, 11) is 0. The molecule has 3 heteroatoms. The normalized spacial score (nSPS) is 39.2. The Balaban J connectivity index is 1.67. The van der Waals surface area contributed by atoms with Gasteiger partial charge in [0.1, 0.15) is 0 Å². The number of nitrogens with one attached hydrogen (secondary N) is 1. The maximum Gasteiger partial charge on any atom is 0.0253 e. The van der Waals surface area contributed by atoms with Crippen LogP contribution in [-0.4, -0.2) is 61.2 Å². The molecule has 0 aromatic heterocycles. The molecule has 0 spiro atoms. The van der Waals surface area contributed by atoms with Crippen molar-refractivity contribution in [1.82, 2.24) is 15.1 Å². The highest BCUT2D eigenvalue weighted by Crippen LogP contribution is 2.30. The van der Waals surface area contributed by atoms with E-state index < -0.39 is 0 Å². The van der Waals surface area contributed by atoms with E-state index in [-0.39, 0.29) is 0 Å². The second kappa shape index (κ2) is 4.40. The fourth-order valence-corrected chi connectivity index (χ4v) is 3.70. The lowest BCUT2D eigenvalue weighted by atomic mass is 9.94. The number of hydrogen-bond donors (Lipinski definition) is 1. The fraction of sp³-hybridized carbons (Fsp3) is 1.00. The third kappa shape index (κ3) is 1.93. The Labute approximate surface area is 92.8 Å². The zero-order chi connectivity index (χ0) is 10.1. The molecule has 2 unspecified atom stereocenters. The van der Waals surface area contributed by atoms with Crippen LogP contribution in [0, 0.1) is 0 Å². The Morgan fingerprint density at radius 2 is 1.27 bits per heavy atom. The van der Waals surface area contributed by atoms with Crippen molar-refractivity contribution < 1.29 is 0 Å². The third-order valence-electron chi connectivity index (χ3n) is 4.42. The maximum atomic E-state index is 3.46. The highest BCUT2D eigenvalue weighted by molar-refractivity contribution is 4.95. The number of nitrogens with zero attached hydrogens (tertiary/aromatic N) is 2. The van der Waals surface area contributed by atoms with Crippen molar-refractivity contribution in [2.45, 2.75) is 37.8 Å². The van der Waals surface area contributed by atoms with Gasteiger partial charge >= 0.3 is 0 Å². The summed E-state index contributed by atoms with van der Waals surface area (Å²) in [5.74, 6) is 0. The highest BCUT2D eigenvalue weighted by Gasteiger charge is 2.37.